The molecule has 1 unspecified atom stereocenters. The largest absolute Gasteiger partial charge is 0.414 e. The summed E-state index contributed by atoms with van der Waals surface area (Å²) in [7, 11) is 0. The van der Waals surface area contributed by atoms with Gasteiger partial charge in [0.25, 0.3) is 0 Å². The van der Waals surface area contributed by atoms with Crippen LogP contribution in [-0.2, 0) is 6.42 Å². The molecule has 0 aromatic carbocycles. The summed E-state index contributed by atoms with van der Waals surface area (Å²) in [6.07, 6.45) is -7.35. The lowest BCUT2D eigenvalue weighted by Gasteiger charge is -2.12. The number of hydrogen-bond donors (Lipinski definition) is 1. The molecular formula is C9H12F3NOS. The van der Waals surface area contributed by atoms with Crippen LogP contribution >= 0.6 is 11.3 Å². The Morgan fingerprint density at radius 3 is 2.47 bits per heavy atom. The summed E-state index contributed by atoms with van der Waals surface area (Å²) in [5.74, 6) is 0.201. The zero-order valence-electron chi connectivity index (χ0n) is 8.38. The fourth-order valence-corrected chi connectivity index (χ4v) is 1.84. The Kier molecular flexibility index (Phi) is 3.72. The second kappa shape index (κ2) is 4.49. The van der Waals surface area contributed by atoms with Crippen LogP contribution in [0.5, 0.6) is 0 Å². The van der Waals surface area contributed by atoms with Crippen molar-refractivity contribution in [2.75, 3.05) is 0 Å². The molecule has 1 aromatic rings. The molecule has 1 N–H and O–H groups in total. The van der Waals surface area contributed by atoms with E-state index in [2.05, 4.69) is 4.98 Å². The average Bonchev–Trinajstić information content (AvgIpc) is 2.50. The van der Waals surface area contributed by atoms with Crippen molar-refractivity contribution in [3.63, 3.8) is 0 Å². The number of aliphatic hydroxyl groups is 1. The van der Waals surface area contributed by atoms with Gasteiger partial charge >= 0.3 is 6.18 Å². The Morgan fingerprint density at radius 1 is 1.47 bits per heavy atom. The molecular weight excluding hydrogens is 227 g/mol. The number of nitrogens with zero attached hydrogens (tertiary/aromatic N) is 1. The Labute approximate surface area is 89.8 Å². The zero-order chi connectivity index (χ0) is 11.6. The van der Waals surface area contributed by atoms with Gasteiger partial charge in [-0.1, -0.05) is 13.8 Å². The van der Waals surface area contributed by atoms with Gasteiger partial charge < -0.3 is 5.11 Å². The van der Waals surface area contributed by atoms with E-state index in [0.29, 0.717) is 5.69 Å². The van der Waals surface area contributed by atoms with Crippen LogP contribution in [0.15, 0.2) is 5.38 Å². The molecule has 0 fully saturated rings. The third-order valence-electron chi connectivity index (χ3n) is 1.84. The monoisotopic (exact) mass is 239 g/mol. The van der Waals surface area contributed by atoms with E-state index in [1.54, 1.807) is 5.38 Å². The second-order valence-electron chi connectivity index (χ2n) is 3.59. The number of rotatable bonds is 3. The highest BCUT2D eigenvalue weighted by Gasteiger charge is 2.38. The molecule has 0 saturated carbocycles. The molecule has 1 aromatic heterocycles. The van der Waals surface area contributed by atoms with Crippen LogP contribution in [0.1, 0.15) is 30.5 Å². The quantitative estimate of drug-likeness (QED) is 0.879. The van der Waals surface area contributed by atoms with E-state index in [1.807, 2.05) is 13.8 Å². The highest BCUT2D eigenvalue weighted by molar-refractivity contribution is 7.09. The maximum atomic E-state index is 12.0. The molecule has 1 rings (SSSR count). The number of thiazole rings is 1. The van der Waals surface area contributed by atoms with Gasteiger partial charge in [0.1, 0.15) is 0 Å². The topological polar surface area (TPSA) is 33.1 Å². The van der Waals surface area contributed by atoms with E-state index in [-0.39, 0.29) is 5.92 Å². The summed E-state index contributed by atoms with van der Waals surface area (Å²) in [6, 6.07) is 0. The lowest BCUT2D eigenvalue weighted by Crippen LogP contribution is -2.30. The van der Waals surface area contributed by atoms with E-state index in [0.717, 1.165) is 5.01 Å². The molecule has 0 aliphatic heterocycles. The van der Waals surface area contributed by atoms with Crippen molar-refractivity contribution in [2.24, 2.45) is 0 Å². The number of aliphatic hydroxyl groups excluding tert-OH is 1. The first-order chi connectivity index (χ1) is 6.80. The van der Waals surface area contributed by atoms with Gasteiger partial charge in [-0.15, -0.1) is 11.3 Å². The minimum absolute atomic E-state index is 0.201. The van der Waals surface area contributed by atoms with E-state index < -0.39 is 18.7 Å². The summed E-state index contributed by atoms with van der Waals surface area (Å²) in [5.41, 5.74) is 0.300. The van der Waals surface area contributed by atoms with Crippen LogP contribution in [0.2, 0.25) is 0 Å². The SMILES string of the molecule is CC(C)c1nc(CC(O)C(F)(F)F)cs1. The molecule has 86 valence electrons. The van der Waals surface area contributed by atoms with Gasteiger partial charge in [0.2, 0.25) is 0 Å². The fraction of sp³-hybridized carbons (Fsp3) is 0.667. The van der Waals surface area contributed by atoms with Gasteiger partial charge in [-0.05, 0) is 0 Å². The Morgan fingerprint density at radius 2 is 2.07 bits per heavy atom. The van der Waals surface area contributed by atoms with E-state index in [4.69, 9.17) is 5.11 Å². The lowest BCUT2D eigenvalue weighted by molar-refractivity contribution is -0.203. The van der Waals surface area contributed by atoms with Crippen LogP contribution in [0.3, 0.4) is 0 Å². The predicted molar refractivity (Wildman–Crippen MR) is 52.0 cm³/mol. The summed E-state index contributed by atoms with van der Waals surface area (Å²) in [6.45, 7) is 3.84. The van der Waals surface area contributed by atoms with Crippen LogP contribution in [-0.4, -0.2) is 22.4 Å². The highest BCUT2D eigenvalue weighted by Crippen LogP contribution is 2.25. The predicted octanol–water partition coefficient (Wildman–Crippen LogP) is 2.73. The minimum Gasteiger partial charge on any atom is -0.383 e. The number of aromatic nitrogens is 1. The summed E-state index contributed by atoms with van der Waals surface area (Å²) >= 11 is 1.32. The van der Waals surface area contributed by atoms with Crippen molar-refractivity contribution in [1.82, 2.24) is 4.98 Å². The molecule has 0 saturated heterocycles. The van der Waals surface area contributed by atoms with Crippen molar-refractivity contribution in [3.8, 4) is 0 Å². The number of hydrogen-bond acceptors (Lipinski definition) is 3. The molecule has 0 amide bonds. The van der Waals surface area contributed by atoms with E-state index in [1.165, 1.54) is 11.3 Å². The maximum Gasteiger partial charge on any atom is 0.414 e. The fourth-order valence-electron chi connectivity index (χ4n) is 0.995. The molecule has 0 spiro atoms. The van der Waals surface area contributed by atoms with E-state index in [9.17, 15) is 13.2 Å². The molecule has 0 bridgehead atoms. The summed E-state index contributed by atoms with van der Waals surface area (Å²) in [5, 5.41) is 11.2. The lowest BCUT2D eigenvalue weighted by atomic mass is 10.2. The van der Waals surface area contributed by atoms with Gasteiger partial charge in [-0.3, -0.25) is 0 Å². The molecule has 6 heteroatoms. The maximum absolute atomic E-state index is 12.0. The smallest absolute Gasteiger partial charge is 0.383 e. The number of halogens is 3. The van der Waals surface area contributed by atoms with Gasteiger partial charge in [0.05, 0.1) is 10.7 Å². The zero-order valence-corrected chi connectivity index (χ0v) is 9.19. The molecule has 1 atom stereocenters. The third-order valence-corrected chi connectivity index (χ3v) is 3.04. The van der Waals surface area contributed by atoms with Crippen LogP contribution < -0.4 is 0 Å². The average molecular weight is 239 g/mol. The number of alkyl halides is 3. The molecule has 15 heavy (non-hydrogen) atoms. The minimum atomic E-state index is -4.57. The molecule has 0 aliphatic rings. The van der Waals surface area contributed by atoms with E-state index >= 15 is 0 Å². The molecule has 1 heterocycles. The van der Waals surface area contributed by atoms with Crippen LogP contribution in [0.4, 0.5) is 13.2 Å². The first-order valence-corrected chi connectivity index (χ1v) is 5.37. The van der Waals surface area contributed by atoms with Crippen LogP contribution in [0, 0.1) is 0 Å². The van der Waals surface area contributed by atoms with Gasteiger partial charge in [0, 0.05) is 17.7 Å². The summed E-state index contributed by atoms with van der Waals surface area (Å²) in [4.78, 5) is 4.02. The highest BCUT2D eigenvalue weighted by atomic mass is 32.1. The van der Waals surface area contributed by atoms with Crippen LogP contribution in [0.25, 0.3) is 0 Å². The van der Waals surface area contributed by atoms with Crippen molar-refractivity contribution < 1.29 is 18.3 Å². The van der Waals surface area contributed by atoms with Gasteiger partial charge in [-0.2, -0.15) is 13.2 Å². The van der Waals surface area contributed by atoms with Crippen molar-refractivity contribution in [1.29, 1.82) is 0 Å². The van der Waals surface area contributed by atoms with Crippen molar-refractivity contribution in [3.05, 3.63) is 16.1 Å². The standard InChI is InChI=1S/C9H12F3NOS/c1-5(2)8-13-6(4-15-8)3-7(14)9(10,11)12/h4-5,7,14H,3H2,1-2H3. The Hall–Kier alpha value is -0.620. The van der Waals surface area contributed by atoms with Gasteiger partial charge in [0.15, 0.2) is 6.10 Å². The van der Waals surface area contributed by atoms with Gasteiger partial charge in [-0.25, -0.2) is 4.98 Å². The van der Waals surface area contributed by atoms with Crippen molar-refractivity contribution in [2.45, 2.75) is 38.5 Å². The first-order valence-electron chi connectivity index (χ1n) is 4.49. The Bertz CT molecular complexity index is 321. The Balaban J connectivity index is 2.65. The normalized spacial score (nSPS) is 14.6. The molecule has 0 aliphatic carbocycles. The molecule has 0 radical (unpaired) electrons. The second-order valence-corrected chi connectivity index (χ2v) is 4.48. The first kappa shape index (κ1) is 12.4. The van der Waals surface area contributed by atoms with Crippen molar-refractivity contribution >= 4 is 11.3 Å². The summed E-state index contributed by atoms with van der Waals surface area (Å²) < 4.78 is 36.1. The molecule has 2 nitrogen and oxygen atoms in total. The third kappa shape index (κ3) is 3.46.